The van der Waals surface area contributed by atoms with E-state index in [4.69, 9.17) is 8.92 Å². The minimum atomic E-state index is -3.77. The molecule has 4 nitrogen and oxygen atoms in total. The minimum absolute atomic E-state index is 0.0728. The smallest absolute Gasteiger partial charge is 0.297 e. The van der Waals surface area contributed by atoms with E-state index in [-0.39, 0.29) is 16.9 Å². The minimum Gasteiger partial charge on any atom is -0.497 e. The molecule has 3 rings (SSSR count). The van der Waals surface area contributed by atoms with E-state index >= 15 is 0 Å². The van der Waals surface area contributed by atoms with Crippen molar-refractivity contribution in [2.45, 2.75) is 55.9 Å². The first kappa shape index (κ1) is 18.9. The Morgan fingerprint density at radius 3 is 2.19 bits per heavy atom. The average Bonchev–Trinajstić information content (AvgIpc) is 2.87. The molecule has 2 atom stereocenters. The van der Waals surface area contributed by atoms with Crippen molar-refractivity contribution < 1.29 is 17.3 Å². The van der Waals surface area contributed by atoms with E-state index in [0.717, 1.165) is 49.0 Å². The summed E-state index contributed by atoms with van der Waals surface area (Å²) in [5, 5.41) is 0. The largest absolute Gasteiger partial charge is 0.497 e. The molecule has 0 heterocycles. The van der Waals surface area contributed by atoms with E-state index in [0.29, 0.717) is 0 Å². The zero-order chi connectivity index (χ0) is 18.6. The second kappa shape index (κ2) is 8.23. The second-order valence-electron chi connectivity index (χ2n) is 6.92. The van der Waals surface area contributed by atoms with E-state index in [1.807, 2.05) is 31.2 Å². The molecule has 26 heavy (non-hydrogen) atoms. The van der Waals surface area contributed by atoms with Crippen LogP contribution in [0.15, 0.2) is 53.4 Å². The van der Waals surface area contributed by atoms with Gasteiger partial charge in [-0.1, -0.05) is 49.1 Å². The van der Waals surface area contributed by atoms with Gasteiger partial charge in [0.05, 0.1) is 18.1 Å². The molecule has 0 radical (unpaired) electrons. The third-order valence-electron chi connectivity index (χ3n) is 5.06. The molecular weight excluding hydrogens is 348 g/mol. The van der Waals surface area contributed by atoms with Gasteiger partial charge < -0.3 is 4.74 Å². The van der Waals surface area contributed by atoms with Crippen LogP contribution in [0.4, 0.5) is 0 Å². The van der Waals surface area contributed by atoms with Crippen LogP contribution in [0.1, 0.15) is 49.1 Å². The van der Waals surface area contributed by atoms with Crippen LogP contribution in [0.5, 0.6) is 5.75 Å². The number of methoxy groups -OCH3 is 1. The van der Waals surface area contributed by atoms with Gasteiger partial charge in [-0.25, -0.2) is 0 Å². The first-order valence-electron chi connectivity index (χ1n) is 9.13. The molecule has 0 aromatic heterocycles. The van der Waals surface area contributed by atoms with Crippen LogP contribution >= 0.6 is 0 Å². The summed E-state index contributed by atoms with van der Waals surface area (Å²) in [6.45, 7) is 1.93. The fourth-order valence-electron chi connectivity index (χ4n) is 3.54. The Labute approximate surface area is 156 Å². The Balaban J connectivity index is 1.85. The Bertz CT molecular complexity index is 810. The van der Waals surface area contributed by atoms with Gasteiger partial charge >= 0.3 is 0 Å². The van der Waals surface area contributed by atoms with Crippen molar-refractivity contribution in [3.05, 3.63) is 59.7 Å². The summed E-state index contributed by atoms with van der Waals surface area (Å²) in [6.07, 6.45) is 4.53. The molecule has 5 heteroatoms. The zero-order valence-electron chi connectivity index (χ0n) is 15.4. The van der Waals surface area contributed by atoms with Gasteiger partial charge in [0, 0.05) is 5.92 Å². The molecule has 0 bridgehead atoms. The van der Waals surface area contributed by atoms with Crippen LogP contribution in [0.3, 0.4) is 0 Å². The molecule has 1 saturated carbocycles. The highest BCUT2D eigenvalue weighted by atomic mass is 32.2. The standard InChI is InChI=1S/C21H26O4S/c1-16-8-14-19(15-9-16)26(22,23)25-21-7-5-3-4-6-20(21)17-10-12-18(24-2)13-11-17/h8-15,20-21H,3-7H2,1-2H3/t20-,21+/m0/s1. The highest BCUT2D eigenvalue weighted by molar-refractivity contribution is 7.86. The van der Waals surface area contributed by atoms with Crippen LogP contribution in [0, 0.1) is 6.92 Å². The van der Waals surface area contributed by atoms with Crippen molar-refractivity contribution in [3.63, 3.8) is 0 Å². The van der Waals surface area contributed by atoms with E-state index in [9.17, 15) is 8.42 Å². The van der Waals surface area contributed by atoms with Gasteiger partial charge in [0.2, 0.25) is 0 Å². The van der Waals surface area contributed by atoms with Crippen molar-refractivity contribution in [2.24, 2.45) is 0 Å². The van der Waals surface area contributed by atoms with Gasteiger partial charge in [-0.15, -0.1) is 0 Å². The van der Waals surface area contributed by atoms with Gasteiger partial charge in [-0.05, 0) is 49.6 Å². The molecule has 0 aliphatic heterocycles. The molecule has 2 aromatic carbocycles. The van der Waals surface area contributed by atoms with Gasteiger partial charge in [-0.2, -0.15) is 8.42 Å². The van der Waals surface area contributed by atoms with Gasteiger partial charge in [-0.3, -0.25) is 4.18 Å². The molecule has 1 aliphatic rings. The van der Waals surface area contributed by atoms with Crippen LogP contribution in [0.25, 0.3) is 0 Å². The lowest BCUT2D eigenvalue weighted by atomic mass is 9.89. The molecular formula is C21H26O4S. The van der Waals surface area contributed by atoms with Crippen molar-refractivity contribution in [2.75, 3.05) is 7.11 Å². The van der Waals surface area contributed by atoms with Crippen LogP contribution < -0.4 is 4.74 Å². The molecule has 0 saturated heterocycles. The number of hydrogen-bond donors (Lipinski definition) is 0. The van der Waals surface area contributed by atoms with Crippen molar-refractivity contribution in [1.82, 2.24) is 0 Å². The van der Waals surface area contributed by atoms with E-state index < -0.39 is 10.1 Å². The maximum atomic E-state index is 12.8. The van der Waals surface area contributed by atoms with Crippen LogP contribution in [-0.2, 0) is 14.3 Å². The summed E-state index contributed by atoms with van der Waals surface area (Å²) in [5.41, 5.74) is 2.13. The number of hydrogen-bond acceptors (Lipinski definition) is 4. The second-order valence-corrected chi connectivity index (χ2v) is 8.49. The fourth-order valence-corrected chi connectivity index (χ4v) is 4.68. The van der Waals surface area contributed by atoms with Gasteiger partial charge in [0.15, 0.2) is 0 Å². The first-order valence-corrected chi connectivity index (χ1v) is 10.5. The predicted molar refractivity (Wildman–Crippen MR) is 102 cm³/mol. The molecule has 0 unspecified atom stereocenters. The molecule has 2 aromatic rings. The summed E-state index contributed by atoms with van der Waals surface area (Å²) in [6, 6.07) is 14.7. The average molecular weight is 375 g/mol. The SMILES string of the molecule is COc1ccc([C@@H]2CCCCC[C@H]2OS(=O)(=O)c2ccc(C)cc2)cc1. The third kappa shape index (κ3) is 4.46. The van der Waals surface area contributed by atoms with Crippen molar-refractivity contribution in [1.29, 1.82) is 0 Å². The fraction of sp³-hybridized carbons (Fsp3) is 0.429. The van der Waals surface area contributed by atoms with Gasteiger partial charge in [0.25, 0.3) is 10.1 Å². The van der Waals surface area contributed by atoms with Crippen LogP contribution in [-0.4, -0.2) is 21.6 Å². The summed E-state index contributed by atoms with van der Waals surface area (Å²) in [5.74, 6) is 0.871. The highest BCUT2D eigenvalue weighted by Gasteiger charge is 2.31. The predicted octanol–water partition coefficient (Wildman–Crippen LogP) is 4.83. The lowest BCUT2D eigenvalue weighted by Gasteiger charge is -2.25. The molecule has 0 amide bonds. The molecule has 1 aliphatic carbocycles. The number of benzene rings is 2. The monoisotopic (exact) mass is 374 g/mol. The zero-order valence-corrected chi connectivity index (χ0v) is 16.2. The Morgan fingerprint density at radius 2 is 1.54 bits per heavy atom. The number of aryl methyl sites for hydroxylation is 1. The topological polar surface area (TPSA) is 52.6 Å². The van der Waals surface area contributed by atoms with E-state index in [1.165, 1.54) is 0 Å². The quantitative estimate of drug-likeness (QED) is 0.556. The summed E-state index contributed by atoms with van der Waals surface area (Å²) < 4.78 is 36.5. The molecule has 0 N–H and O–H groups in total. The summed E-state index contributed by atoms with van der Waals surface area (Å²) in [4.78, 5) is 0.223. The third-order valence-corrected chi connectivity index (χ3v) is 6.41. The maximum Gasteiger partial charge on any atom is 0.297 e. The Morgan fingerprint density at radius 1 is 0.885 bits per heavy atom. The Hall–Kier alpha value is -1.85. The molecule has 140 valence electrons. The molecule has 1 fully saturated rings. The maximum absolute atomic E-state index is 12.8. The summed E-state index contributed by atoms with van der Waals surface area (Å²) in [7, 11) is -2.13. The van der Waals surface area contributed by atoms with Gasteiger partial charge in [0.1, 0.15) is 5.75 Å². The Kier molecular flexibility index (Phi) is 5.99. The lowest BCUT2D eigenvalue weighted by Crippen LogP contribution is -2.25. The lowest BCUT2D eigenvalue weighted by molar-refractivity contribution is 0.168. The normalized spacial score (nSPS) is 21.2. The van der Waals surface area contributed by atoms with Crippen molar-refractivity contribution >= 4 is 10.1 Å². The first-order chi connectivity index (χ1) is 12.5. The van der Waals surface area contributed by atoms with E-state index in [1.54, 1.807) is 31.4 Å². The number of rotatable bonds is 5. The van der Waals surface area contributed by atoms with E-state index in [2.05, 4.69) is 0 Å². The van der Waals surface area contributed by atoms with Crippen molar-refractivity contribution in [3.8, 4) is 5.75 Å². The molecule has 0 spiro atoms. The van der Waals surface area contributed by atoms with Crippen LogP contribution in [0.2, 0.25) is 0 Å². The summed E-state index contributed by atoms with van der Waals surface area (Å²) >= 11 is 0. The number of ether oxygens (including phenoxy) is 1. The highest BCUT2D eigenvalue weighted by Crippen LogP contribution is 2.36.